The van der Waals surface area contributed by atoms with Crippen LogP contribution in [0.1, 0.15) is 41.8 Å². The number of ether oxygens (including phenoxy) is 1. The Balaban J connectivity index is 1.91. The van der Waals surface area contributed by atoms with Gasteiger partial charge in [-0.15, -0.1) is 11.3 Å². The van der Waals surface area contributed by atoms with Crippen LogP contribution in [0.15, 0.2) is 35.7 Å². The molecule has 1 aromatic carbocycles. The molecule has 2 aromatic rings. The Hall–Kier alpha value is -1.85. The van der Waals surface area contributed by atoms with Crippen LogP contribution in [0.25, 0.3) is 0 Å². The van der Waals surface area contributed by atoms with E-state index in [4.69, 9.17) is 4.74 Å². The van der Waals surface area contributed by atoms with Crippen LogP contribution in [-0.4, -0.2) is 35.7 Å². The van der Waals surface area contributed by atoms with Gasteiger partial charge in [-0.25, -0.2) is 0 Å². The molecule has 1 fully saturated rings. The molecule has 0 spiro atoms. The van der Waals surface area contributed by atoms with E-state index in [0.717, 1.165) is 25.1 Å². The number of hydrogen-bond donors (Lipinski definition) is 1. The van der Waals surface area contributed by atoms with Gasteiger partial charge in [0.2, 0.25) is 0 Å². The molecule has 1 N–H and O–H groups in total. The molecule has 1 aliphatic heterocycles. The monoisotopic (exact) mass is 359 g/mol. The number of piperidine rings is 1. The summed E-state index contributed by atoms with van der Waals surface area (Å²) in [6, 6.07) is 10.5. The van der Waals surface area contributed by atoms with E-state index in [2.05, 4.69) is 35.4 Å². The number of likely N-dealkylation sites (tertiary alicyclic amines) is 1. The largest absolute Gasteiger partial charge is 0.494 e. The highest BCUT2D eigenvalue weighted by molar-refractivity contribution is 7.10. The number of carbonyl (C=O) groups is 1. The Morgan fingerprint density at radius 2 is 2.16 bits per heavy atom. The molecule has 2 unspecified atom stereocenters. The highest BCUT2D eigenvalue weighted by Crippen LogP contribution is 2.36. The fourth-order valence-corrected chi connectivity index (χ4v) is 4.57. The average molecular weight is 359 g/mol. The summed E-state index contributed by atoms with van der Waals surface area (Å²) in [5.74, 6) is -0.0908. The summed E-state index contributed by atoms with van der Waals surface area (Å²) in [5, 5.41) is 11.6. The van der Waals surface area contributed by atoms with E-state index in [1.54, 1.807) is 11.3 Å². The molecule has 4 nitrogen and oxygen atoms in total. The molecule has 1 saturated heterocycles. The molecule has 0 radical (unpaired) electrons. The van der Waals surface area contributed by atoms with Crippen molar-refractivity contribution < 1.29 is 14.6 Å². The topological polar surface area (TPSA) is 49.8 Å². The van der Waals surface area contributed by atoms with Crippen molar-refractivity contribution in [3.8, 4) is 5.75 Å². The normalized spacial score (nSPS) is 19.5. The lowest BCUT2D eigenvalue weighted by atomic mass is 9.94. The molecule has 3 rings (SSSR count). The Labute approximate surface area is 153 Å². The van der Waals surface area contributed by atoms with Gasteiger partial charge in [-0.3, -0.25) is 9.69 Å². The number of rotatable bonds is 6. The van der Waals surface area contributed by atoms with Gasteiger partial charge in [0.15, 0.2) is 0 Å². The van der Waals surface area contributed by atoms with Gasteiger partial charge in [0.1, 0.15) is 5.75 Å². The van der Waals surface area contributed by atoms with Crippen LogP contribution >= 0.6 is 11.3 Å². The molecule has 0 saturated carbocycles. The molecule has 2 heterocycles. The minimum atomic E-state index is -0.683. The maximum Gasteiger partial charge on any atom is 0.307 e. The lowest BCUT2D eigenvalue weighted by Crippen LogP contribution is -2.41. The van der Waals surface area contributed by atoms with Crippen molar-refractivity contribution in [2.24, 2.45) is 5.92 Å². The summed E-state index contributed by atoms with van der Waals surface area (Å²) in [6.07, 6.45) is 1.69. The lowest BCUT2D eigenvalue weighted by molar-refractivity contribution is -0.143. The second kappa shape index (κ2) is 8.02. The van der Waals surface area contributed by atoms with E-state index >= 15 is 0 Å². The molecular formula is C20H25NO3S. The third-order valence-electron chi connectivity index (χ3n) is 4.69. The second-order valence-corrected chi connectivity index (χ2v) is 7.55. The van der Waals surface area contributed by atoms with Crippen LogP contribution in [-0.2, 0) is 4.79 Å². The highest BCUT2D eigenvalue weighted by Gasteiger charge is 2.31. The number of aliphatic carboxylic acids is 1. The van der Waals surface area contributed by atoms with Gasteiger partial charge in [-0.05, 0) is 67.9 Å². The van der Waals surface area contributed by atoms with Gasteiger partial charge < -0.3 is 9.84 Å². The number of carboxylic acids is 1. The zero-order valence-electron chi connectivity index (χ0n) is 14.8. The summed E-state index contributed by atoms with van der Waals surface area (Å²) in [6.45, 7) is 6.26. The third kappa shape index (κ3) is 4.22. The smallest absolute Gasteiger partial charge is 0.307 e. The Kier molecular flexibility index (Phi) is 5.76. The Morgan fingerprint density at radius 1 is 1.40 bits per heavy atom. The number of aryl methyl sites for hydroxylation is 1. The van der Waals surface area contributed by atoms with Gasteiger partial charge in [-0.1, -0.05) is 12.1 Å². The first-order valence-electron chi connectivity index (χ1n) is 8.83. The average Bonchev–Trinajstić information content (AvgIpc) is 3.03. The van der Waals surface area contributed by atoms with E-state index in [-0.39, 0.29) is 12.0 Å². The van der Waals surface area contributed by atoms with Crippen molar-refractivity contribution >= 4 is 17.3 Å². The molecule has 0 amide bonds. The van der Waals surface area contributed by atoms with Crippen LogP contribution in [0.5, 0.6) is 5.75 Å². The van der Waals surface area contributed by atoms with E-state index in [9.17, 15) is 9.90 Å². The minimum absolute atomic E-state index is 0.108. The molecular weight excluding hydrogens is 334 g/mol. The summed E-state index contributed by atoms with van der Waals surface area (Å²) in [5.41, 5.74) is 2.44. The van der Waals surface area contributed by atoms with E-state index in [0.29, 0.717) is 13.2 Å². The zero-order valence-corrected chi connectivity index (χ0v) is 15.6. The fraction of sp³-hybridized carbons (Fsp3) is 0.450. The van der Waals surface area contributed by atoms with Crippen molar-refractivity contribution in [1.29, 1.82) is 0 Å². The number of nitrogens with zero attached hydrogens (tertiary/aromatic N) is 1. The van der Waals surface area contributed by atoms with Gasteiger partial charge in [0.25, 0.3) is 0 Å². The first-order valence-corrected chi connectivity index (χ1v) is 9.71. The van der Waals surface area contributed by atoms with Crippen LogP contribution in [0, 0.1) is 12.8 Å². The van der Waals surface area contributed by atoms with Gasteiger partial charge in [0.05, 0.1) is 18.6 Å². The molecule has 0 bridgehead atoms. The van der Waals surface area contributed by atoms with Crippen molar-refractivity contribution in [2.75, 3.05) is 19.7 Å². The first-order chi connectivity index (χ1) is 12.1. The van der Waals surface area contributed by atoms with Crippen LogP contribution in [0.3, 0.4) is 0 Å². The predicted octanol–water partition coefficient (Wildman–Crippen LogP) is 4.34. The standard InChI is InChI=1S/C20H25NO3S/c1-3-24-17-8-6-15(7-9-17)19(18-11-14(2)13-25-18)21-10-4-5-16(12-21)20(22)23/h6-9,11,13,16,19H,3-5,10,12H2,1-2H3,(H,22,23). The van der Waals surface area contributed by atoms with Crippen molar-refractivity contribution in [2.45, 2.75) is 32.7 Å². The quantitative estimate of drug-likeness (QED) is 0.833. The van der Waals surface area contributed by atoms with E-state index in [1.807, 2.05) is 19.1 Å². The Bertz CT molecular complexity index is 710. The maximum atomic E-state index is 11.5. The summed E-state index contributed by atoms with van der Waals surface area (Å²) in [7, 11) is 0. The van der Waals surface area contributed by atoms with Crippen LogP contribution in [0.4, 0.5) is 0 Å². The highest BCUT2D eigenvalue weighted by atomic mass is 32.1. The minimum Gasteiger partial charge on any atom is -0.494 e. The van der Waals surface area contributed by atoms with Crippen LogP contribution in [0.2, 0.25) is 0 Å². The van der Waals surface area contributed by atoms with Crippen molar-refractivity contribution in [1.82, 2.24) is 4.90 Å². The van der Waals surface area contributed by atoms with Gasteiger partial charge in [-0.2, -0.15) is 0 Å². The molecule has 134 valence electrons. The summed E-state index contributed by atoms with van der Waals surface area (Å²) >= 11 is 1.75. The zero-order chi connectivity index (χ0) is 17.8. The second-order valence-electron chi connectivity index (χ2n) is 6.60. The maximum absolute atomic E-state index is 11.5. The van der Waals surface area contributed by atoms with Crippen molar-refractivity contribution in [3.05, 3.63) is 51.7 Å². The third-order valence-corrected chi connectivity index (χ3v) is 5.80. The van der Waals surface area contributed by atoms with E-state index < -0.39 is 5.97 Å². The first kappa shape index (κ1) is 18.0. The van der Waals surface area contributed by atoms with Gasteiger partial charge >= 0.3 is 5.97 Å². The summed E-state index contributed by atoms with van der Waals surface area (Å²) < 4.78 is 5.56. The molecule has 5 heteroatoms. The Morgan fingerprint density at radius 3 is 2.76 bits per heavy atom. The molecule has 2 atom stereocenters. The lowest BCUT2D eigenvalue weighted by Gasteiger charge is -2.37. The number of carboxylic acid groups (broad SMARTS) is 1. The molecule has 0 aliphatic carbocycles. The molecule has 25 heavy (non-hydrogen) atoms. The van der Waals surface area contributed by atoms with Crippen LogP contribution < -0.4 is 4.74 Å². The number of thiophene rings is 1. The molecule has 1 aromatic heterocycles. The van der Waals surface area contributed by atoms with Crippen molar-refractivity contribution in [3.63, 3.8) is 0 Å². The molecule has 1 aliphatic rings. The van der Waals surface area contributed by atoms with Gasteiger partial charge in [0, 0.05) is 11.4 Å². The van der Waals surface area contributed by atoms with E-state index in [1.165, 1.54) is 16.0 Å². The number of benzene rings is 1. The SMILES string of the molecule is CCOc1ccc(C(c2cc(C)cs2)N2CCCC(C(=O)O)C2)cc1. The number of hydrogen-bond acceptors (Lipinski definition) is 4. The summed E-state index contributed by atoms with van der Waals surface area (Å²) in [4.78, 5) is 15.1. The fourth-order valence-electron chi connectivity index (χ4n) is 3.51. The predicted molar refractivity (Wildman–Crippen MR) is 100 cm³/mol.